The lowest BCUT2D eigenvalue weighted by Gasteiger charge is -2.35. The first-order chi connectivity index (χ1) is 11.6. The maximum absolute atomic E-state index is 11.6. The predicted molar refractivity (Wildman–Crippen MR) is 93.9 cm³/mol. The van der Waals surface area contributed by atoms with Gasteiger partial charge in [0.15, 0.2) is 0 Å². The van der Waals surface area contributed by atoms with E-state index in [9.17, 15) is 9.90 Å². The summed E-state index contributed by atoms with van der Waals surface area (Å²) in [4.78, 5) is 11.6. The molecule has 0 unspecified atom stereocenters. The number of esters is 1. The zero-order chi connectivity index (χ0) is 17.4. The topological polar surface area (TPSA) is 55.8 Å². The van der Waals surface area contributed by atoms with Gasteiger partial charge in [0, 0.05) is 0 Å². The predicted octanol–water partition coefficient (Wildman–Crippen LogP) is 4.20. The smallest absolute Gasteiger partial charge is 0.308 e. The third-order valence-corrected chi connectivity index (χ3v) is 5.01. The van der Waals surface area contributed by atoms with E-state index in [2.05, 4.69) is 6.92 Å². The summed E-state index contributed by atoms with van der Waals surface area (Å²) in [6.45, 7) is 2.94. The van der Waals surface area contributed by atoms with Gasteiger partial charge in [0.1, 0.15) is 5.75 Å². The van der Waals surface area contributed by atoms with Gasteiger partial charge < -0.3 is 14.6 Å². The number of carbonyl (C=O) groups is 1. The van der Waals surface area contributed by atoms with Gasteiger partial charge in [-0.15, -0.1) is 0 Å². The summed E-state index contributed by atoms with van der Waals surface area (Å²) in [5.41, 5.74) is 0.0635. The number of rotatable bonds is 8. The lowest BCUT2D eigenvalue weighted by molar-refractivity contribution is -0.148. The van der Waals surface area contributed by atoms with Crippen LogP contribution >= 0.6 is 0 Å². The summed E-state index contributed by atoms with van der Waals surface area (Å²) < 4.78 is 10.6. The molecule has 0 aliphatic heterocycles. The van der Waals surface area contributed by atoms with Gasteiger partial charge in [-0.05, 0) is 49.8 Å². The van der Waals surface area contributed by atoms with Crippen LogP contribution in [0.4, 0.5) is 0 Å². The van der Waals surface area contributed by atoms with Crippen molar-refractivity contribution in [1.29, 1.82) is 0 Å². The van der Waals surface area contributed by atoms with Gasteiger partial charge in [-0.2, -0.15) is 0 Å². The Labute approximate surface area is 145 Å². The molecule has 0 amide bonds. The van der Waals surface area contributed by atoms with Crippen LogP contribution in [0.2, 0.25) is 0 Å². The van der Waals surface area contributed by atoms with Gasteiger partial charge in [-0.1, -0.05) is 38.3 Å². The molecule has 0 spiro atoms. The fraction of sp³-hybridized carbons (Fsp3) is 0.650. The summed E-state index contributed by atoms with van der Waals surface area (Å²) in [7, 11) is 1.42. The van der Waals surface area contributed by atoms with Crippen LogP contribution in [-0.4, -0.2) is 24.8 Å². The van der Waals surface area contributed by atoms with Crippen molar-refractivity contribution < 1.29 is 19.4 Å². The van der Waals surface area contributed by atoms with E-state index in [4.69, 9.17) is 9.47 Å². The van der Waals surface area contributed by atoms with E-state index in [1.54, 1.807) is 0 Å². The fourth-order valence-corrected chi connectivity index (χ4v) is 3.37. The van der Waals surface area contributed by atoms with E-state index in [-0.39, 0.29) is 11.9 Å². The number of aliphatic hydroxyl groups is 1. The first-order valence-electron chi connectivity index (χ1n) is 9.12. The molecule has 1 aromatic rings. The van der Waals surface area contributed by atoms with Crippen LogP contribution in [0.3, 0.4) is 0 Å². The molecule has 4 heteroatoms. The van der Waals surface area contributed by atoms with Crippen molar-refractivity contribution in [2.75, 3.05) is 13.7 Å². The van der Waals surface area contributed by atoms with Gasteiger partial charge in [-0.25, -0.2) is 0 Å². The Balaban J connectivity index is 1.85. The van der Waals surface area contributed by atoms with E-state index in [0.29, 0.717) is 25.7 Å². The summed E-state index contributed by atoms with van der Waals surface area (Å²) in [5, 5.41) is 10.9. The van der Waals surface area contributed by atoms with Crippen molar-refractivity contribution in [3.05, 3.63) is 29.8 Å². The molecule has 1 aliphatic carbocycles. The Bertz CT molecular complexity index is 501. The molecular weight excluding hydrogens is 304 g/mol. The quantitative estimate of drug-likeness (QED) is 0.572. The maximum atomic E-state index is 11.6. The fourth-order valence-electron chi connectivity index (χ4n) is 3.37. The molecule has 0 atom stereocenters. The molecule has 0 saturated heterocycles. The van der Waals surface area contributed by atoms with Gasteiger partial charge in [0.25, 0.3) is 0 Å². The van der Waals surface area contributed by atoms with Gasteiger partial charge in [0.05, 0.1) is 25.2 Å². The van der Waals surface area contributed by atoms with Crippen LogP contribution < -0.4 is 4.74 Å². The molecule has 4 nitrogen and oxygen atoms in total. The molecule has 1 fully saturated rings. The highest BCUT2D eigenvalue weighted by Gasteiger charge is 2.37. The van der Waals surface area contributed by atoms with Crippen LogP contribution in [0, 0.1) is 5.92 Å². The Morgan fingerprint density at radius 3 is 2.42 bits per heavy atom. The second-order valence-electron chi connectivity index (χ2n) is 6.76. The third kappa shape index (κ3) is 4.97. The summed E-state index contributed by atoms with van der Waals surface area (Å²) >= 11 is 0. The molecule has 1 aromatic carbocycles. The Kier molecular flexibility index (Phi) is 7.10. The summed E-state index contributed by atoms with van der Waals surface area (Å²) in [6, 6.07) is 7.75. The molecule has 24 heavy (non-hydrogen) atoms. The van der Waals surface area contributed by atoms with Gasteiger partial charge in [0.2, 0.25) is 0 Å². The molecule has 0 heterocycles. The maximum Gasteiger partial charge on any atom is 0.308 e. The second-order valence-corrected chi connectivity index (χ2v) is 6.76. The first kappa shape index (κ1) is 18.8. The normalized spacial score (nSPS) is 23.7. The van der Waals surface area contributed by atoms with E-state index >= 15 is 0 Å². The third-order valence-electron chi connectivity index (χ3n) is 5.01. The zero-order valence-electron chi connectivity index (χ0n) is 14.9. The largest absolute Gasteiger partial charge is 0.494 e. The van der Waals surface area contributed by atoms with Crippen molar-refractivity contribution in [1.82, 2.24) is 0 Å². The standard InChI is InChI=1S/C20H30O4/c1-3-4-5-6-15-24-18-9-7-17(8-10-18)20(22)13-11-16(12-14-20)19(21)23-2/h7-10,16,22H,3-6,11-15H2,1-2H3. The molecular formula is C20H30O4. The lowest BCUT2D eigenvalue weighted by Crippen LogP contribution is -2.34. The van der Waals surface area contributed by atoms with E-state index < -0.39 is 5.60 Å². The van der Waals surface area contributed by atoms with Gasteiger partial charge >= 0.3 is 5.97 Å². The zero-order valence-corrected chi connectivity index (χ0v) is 14.9. The first-order valence-corrected chi connectivity index (χ1v) is 9.12. The summed E-state index contributed by atoms with van der Waals surface area (Å²) in [5.74, 6) is 0.604. The number of carbonyl (C=O) groups excluding carboxylic acids is 1. The number of hydrogen-bond acceptors (Lipinski definition) is 4. The van der Waals surface area contributed by atoms with Crippen molar-refractivity contribution in [2.45, 2.75) is 63.9 Å². The number of unbranched alkanes of at least 4 members (excludes halogenated alkanes) is 3. The minimum absolute atomic E-state index is 0.0824. The lowest BCUT2D eigenvalue weighted by atomic mass is 9.75. The molecule has 134 valence electrons. The average Bonchev–Trinajstić information content (AvgIpc) is 2.62. The number of hydrogen-bond donors (Lipinski definition) is 1. The van der Waals surface area contributed by atoms with Crippen molar-refractivity contribution in [3.63, 3.8) is 0 Å². The number of methoxy groups -OCH3 is 1. The van der Waals surface area contributed by atoms with E-state index in [0.717, 1.165) is 24.3 Å². The molecule has 1 saturated carbocycles. The van der Waals surface area contributed by atoms with Crippen LogP contribution in [0.25, 0.3) is 0 Å². The highest BCUT2D eigenvalue weighted by molar-refractivity contribution is 5.72. The number of ether oxygens (including phenoxy) is 2. The molecule has 0 aromatic heterocycles. The molecule has 1 N–H and O–H groups in total. The molecule has 2 rings (SSSR count). The highest BCUT2D eigenvalue weighted by atomic mass is 16.5. The average molecular weight is 334 g/mol. The minimum Gasteiger partial charge on any atom is -0.494 e. The van der Waals surface area contributed by atoms with Crippen LogP contribution in [0.5, 0.6) is 5.75 Å². The Morgan fingerprint density at radius 2 is 1.83 bits per heavy atom. The molecule has 0 bridgehead atoms. The second kappa shape index (κ2) is 9.07. The van der Waals surface area contributed by atoms with Gasteiger partial charge in [-0.3, -0.25) is 4.79 Å². The van der Waals surface area contributed by atoms with Crippen molar-refractivity contribution >= 4 is 5.97 Å². The Morgan fingerprint density at radius 1 is 1.17 bits per heavy atom. The highest BCUT2D eigenvalue weighted by Crippen LogP contribution is 2.40. The minimum atomic E-state index is -0.843. The van der Waals surface area contributed by atoms with Crippen LogP contribution in [-0.2, 0) is 15.1 Å². The van der Waals surface area contributed by atoms with Crippen molar-refractivity contribution in [3.8, 4) is 5.75 Å². The Hall–Kier alpha value is -1.55. The monoisotopic (exact) mass is 334 g/mol. The van der Waals surface area contributed by atoms with E-state index in [1.807, 2.05) is 24.3 Å². The van der Waals surface area contributed by atoms with E-state index in [1.165, 1.54) is 26.4 Å². The van der Waals surface area contributed by atoms with Crippen LogP contribution in [0.15, 0.2) is 24.3 Å². The molecule has 1 aliphatic rings. The number of benzene rings is 1. The van der Waals surface area contributed by atoms with Crippen LogP contribution in [0.1, 0.15) is 63.9 Å². The van der Waals surface area contributed by atoms with Crippen molar-refractivity contribution in [2.24, 2.45) is 5.92 Å². The SMILES string of the molecule is CCCCCCOc1ccc(C2(O)CCC(C(=O)OC)CC2)cc1. The summed E-state index contributed by atoms with van der Waals surface area (Å²) in [6.07, 6.45) is 7.27. The molecule has 0 radical (unpaired) electrons.